The Bertz CT molecular complexity index is 1080. The minimum Gasteiger partial charge on any atom is -0.497 e. The Hall–Kier alpha value is -3.26. The molecule has 0 spiro atoms. The molecule has 172 valence electrons. The molecule has 0 radical (unpaired) electrons. The molecule has 33 heavy (non-hydrogen) atoms. The molecule has 1 heterocycles. The Balaban J connectivity index is 1.57. The van der Waals surface area contributed by atoms with E-state index in [1.165, 1.54) is 16.7 Å². The minimum absolute atomic E-state index is 0.0415. The predicted octanol–water partition coefficient (Wildman–Crippen LogP) is 4.24. The molecule has 2 aromatic rings. The van der Waals surface area contributed by atoms with Crippen LogP contribution in [0.5, 0.6) is 11.5 Å². The quantitative estimate of drug-likeness (QED) is 0.619. The van der Waals surface area contributed by atoms with Crippen molar-refractivity contribution in [2.24, 2.45) is 4.99 Å². The lowest BCUT2D eigenvalue weighted by Crippen LogP contribution is -2.35. The van der Waals surface area contributed by atoms with E-state index in [-0.39, 0.29) is 23.6 Å². The van der Waals surface area contributed by atoms with Gasteiger partial charge in [-0.05, 0) is 48.7 Å². The van der Waals surface area contributed by atoms with Crippen molar-refractivity contribution in [3.8, 4) is 11.5 Å². The van der Waals surface area contributed by atoms with Crippen molar-refractivity contribution in [3.63, 3.8) is 0 Å². The number of aliphatic imine (C=N–C) groups is 1. The fraction of sp³-hybridized carbons (Fsp3) is 0.320. The SMILES string of the molecule is COc1ccc(/C=C2\N=C(SCC(=O)NC3CCCC3)N(c3cccc(OC)c3)C2=O)cc1. The van der Waals surface area contributed by atoms with Gasteiger partial charge in [-0.1, -0.05) is 42.8 Å². The average molecular weight is 466 g/mol. The van der Waals surface area contributed by atoms with Gasteiger partial charge in [-0.25, -0.2) is 4.99 Å². The highest BCUT2D eigenvalue weighted by molar-refractivity contribution is 8.14. The van der Waals surface area contributed by atoms with Crippen LogP contribution in [0.2, 0.25) is 0 Å². The number of benzene rings is 2. The van der Waals surface area contributed by atoms with Crippen LogP contribution < -0.4 is 19.7 Å². The number of ether oxygens (including phenoxy) is 2. The summed E-state index contributed by atoms with van der Waals surface area (Å²) in [7, 11) is 3.19. The van der Waals surface area contributed by atoms with Gasteiger partial charge in [0, 0.05) is 12.1 Å². The highest BCUT2D eigenvalue weighted by Gasteiger charge is 2.32. The number of nitrogens with one attached hydrogen (secondary N) is 1. The Morgan fingerprint density at radius 1 is 1.12 bits per heavy atom. The van der Waals surface area contributed by atoms with E-state index < -0.39 is 0 Å². The Labute approximate surface area is 197 Å². The third kappa shape index (κ3) is 5.57. The molecule has 0 atom stereocenters. The van der Waals surface area contributed by atoms with E-state index in [2.05, 4.69) is 10.3 Å². The van der Waals surface area contributed by atoms with E-state index in [0.717, 1.165) is 37.0 Å². The number of carbonyl (C=O) groups is 2. The molecule has 1 fully saturated rings. The molecule has 2 aliphatic rings. The standard InChI is InChI=1S/C25H27N3O4S/c1-31-20-12-10-17(11-13-20)14-22-24(30)28(19-8-5-9-21(15-19)32-2)25(27-22)33-16-23(29)26-18-6-3-4-7-18/h5,8-15,18H,3-4,6-7,16H2,1-2H3,(H,26,29)/b22-14-. The zero-order valence-corrected chi connectivity index (χ0v) is 19.6. The van der Waals surface area contributed by atoms with Crippen LogP contribution in [0, 0.1) is 0 Å². The normalized spacial score (nSPS) is 17.4. The summed E-state index contributed by atoms with van der Waals surface area (Å²) in [6, 6.07) is 14.9. The van der Waals surface area contributed by atoms with E-state index in [4.69, 9.17) is 9.47 Å². The number of amides is 2. The summed E-state index contributed by atoms with van der Waals surface area (Å²) in [5, 5.41) is 3.55. The van der Waals surface area contributed by atoms with Gasteiger partial charge in [0.05, 0.1) is 25.7 Å². The van der Waals surface area contributed by atoms with Crippen LogP contribution in [-0.2, 0) is 9.59 Å². The van der Waals surface area contributed by atoms with E-state index in [1.54, 1.807) is 26.4 Å². The molecule has 0 aromatic heterocycles. The maximum absolute atomic E-state index is 13.3. The zero-order chi connectivity index (χ0) is 23.2. The number of amidine groups is 1. The van der Waals surface area contributed by atoms with Gasteiger partial charge in [-0.15, -0.1) is 0 Å². The van der Waals surface area contributed by atoms with Crippen LogP contribution in [0.3, 0.4) is 0 Å². The number of anilines is 1. The van der Waals surface area contributed by atoms with E-state index in [0.29, 0.717) is 22.3 Å². The van der Waals surface area contributed by atoms with Gasteiger partial charge in [0.1, 0.15) is 17.2 Å². The summed E-state index contributed by atoms with van der Waals surface area (Å²) in [5.41, 5.74) is 1.78. The molecule has 0 unspecified atom stereocenters. The van der Waals surface area contributed by atoms with Crippen LogP contribution >= 0.6 is 11.8 Å². The average Bonchev–Trinajstić information content (AvgIpc) is 3.46. The topological polar surface area (TPSA) is 80.2 Å². The van der Waals surface area contributed by atoms with Crippen molar-refractivity contribution >= 4 is 40.5 Å². The number of rotatable bonds is 7. The molecule has 1 aliphatic carbocycles. The molecule has 4 rings (SSSR count). The van der Waals surface area contributed by atoms with Gasteiger partial charge in [0.25, 0.3) is 5.91 Å². The fourth-order valence-electron chi connectivity index (χ4n) is 3.90. The number of thioether (sulfide) groups is 1. The fourth-order valence-corrected chi connectivity index (χ4v) is 4.72. The van der Waals surface area contributed by atoms with Gasteiger partial charge < -0.3 is 14.8 Å². The van der Waals surface area contributed by atoms with Gasteiger partial charge >= 0.3 is 0 Å². The second-order valence-corrected chi connectivity index (χ2v) is 8.82. The molecular formula is C25H27N3O4S. The molecule has 1 N–H and O–H groups in total. The van der Waals surface area contributed by atoms with Crippen molar-refractivity contribution < 1.29 is 19.1 Å². The number of nitrogens with zero attached hydrogens (tertiary/aromatic N) is 2. The van der Waals surface area contributed by atoms with E-state index in [1.807, 2.05) is 42.5 Å². The maximum Gasteiger partial charge on any atom is 0.283 e. The first kappa shape index (κ1) is 22.9. The zero-order valence-electron chi connectivity index (χ0n) is 18.7. The summed E-state index contributed by atoms with van der Waals surface area (Å²) in [5.74, 6) is 1.27. The Kier molecular flexibility index (Phi) is 7.34. The van der Waals surface area contributed by atoms with Crippen LogP contribution in [-0.4, -0.2) is 43.0 Å². The lowest BCUT2D eigenvalue weighted by Gasteiger charge is -2.18. The highest BCUT2D eigenvalue weighted by Crippen LogP contribution is 2.31. The molecule has 8 heteroatoms. The van der Waals surface area contributed by atoms with Crippen molar-refractivity contribution in [2.75, 3.05) is 24.9 Å². The number of hydrogen-bond donors (Lipinski definition) is 1. The van der Waals surface area contributed by atoms with Crippen LogP contribution in [0.25, 0.3) is 6.08 Å². The second kappa shape index (κ2) is 10.6. The number of carbonyl (C=O) groups excluding carboxylic acids is 2. The summed E-state index contributed by atoms with van der Waals surface area (Å²) in [4.78, 5) is 31.9. The largest absolute Gasteiger partial charge is 0.497 e. The van der Waals surface area contributed by atoms with Crippen molar-refractivity contribution in [2.45, 2.75) is 31.7 Å². The van der Waals surface area contributed by atoms with Gasteiger partial charge in [0.15, 0.2) is 5.17 Å². The number of hydrogen-bond acceptors (Lipinski definition) is 6. The summed E-state index contributed by atoms with van der Waals surface area (Å²) in [6.07, 6.45) is 6.10. The predicted molar refractivity (Wildman–Crippen MR) is 132 cm³/mol. The second-order valence-electron chi connectivity index (χ2n) is 7.88. The van der Waals surface area contributed by atoms with E-state index in [9.17, 15) is 9.59 Å². The first-order valence-electron chi connectivity index (χ1n) is 10.9. The lowest BCUT2D eigenvalue weighted by molar-refractivity contribution is -0.119. The van der Waals surface area contributed by atoms with Gasteiger partial charge in [0.2, 0.25) is 5.91 Å². The van der Waals surface area contributed by atoms with Crippen molar-refractivity contribution in [3.05, 3.63) is 59.8 Å². The van der Waals surface area contributed by atoms with Crippen LogP contribution in [0.1, 0.15) is 31.2 Å². The lowest BCUT2D eigenvalue weighted by atomic mass is 10.2. The summed E-state index contributed by atoms with van der Waals surface area (Å²) in [6.45, 7) is 0. The molecule has 0 saturated heterocycles. The molecule has 2 aromatic carbocycles. The first-order valence-corrected chi connectivity index (χ1v) is 11.9. The monoisotopic (exact) mass is 465 g/mol. The molecule has 1 saturated carbocycles. The molecular weight excluding hydrogens is 438 g/mol. The summed E-state index contributed by atoms with van der Waals surface area (Å²) >= 11 is 1.26. The van der Waals surface area contributed by atoms with Gasteiger partial charge in [-0.3, -0.25) is 14.5 Å². The van der Waals surface area contributed by atoms with Crippen molar-refractivity contribution in [1.82, 2.24) is 5.32 Å². The molecule has 1 aliphatic heterocycles. The maximum atomic E-state index is 13.3. The molecule has 7 nitrogen and oxygen atoms in total. The first-order chi connectivity index (χ1) is 16.1. The number of methoxy groups -OCH3 is 2. The van der Waals surface area contributed by atoms with Gasteiger partial charge in [-0.2, -0.15) is 0 Å². The highest BCUT2D eigenvalue weighted by atomic mass is 32.2. The van der Waals surface area contributed by atoms with Crippen LogP contribution in [0.15, 0.2) is 59.2 Å². The molecule has 0 bridgehead atoms. The van der Waals surface area contributed by atoms with Crippen molar-refractivity contribution in [1.29, 1.82) is 0 Å². The Morgan fingerprint density at radius 3 is 2.55 bits per heavy atom. The third-order valence-corrected chi connectivity index (χ3v) is 6.55. The molecule has 2 amide bonds. The smallest absolute Gasteiger partial charge is 0.283 e. The van der Waals surface area contributed by atoms with E-state index >= 15 is 0 Å². The van der Waals surface area contributed by atoms with Crippen LogP contribution in [0.4, 0.5) is 5.69 Å². The summed E-state index contributed by atoms with van der Waals surface area (Å²) < 4.78 is 10.5. The Morgan fingerprint density at radius 2 is 1.85 bits per heavy atom. The minimum atomic E-state index is -0.252. The third-order valence-electron chi connectivity index (χ3n) is 5.61.